The van der Waals surface area contributed by atoms with Crippen molar-refractivity contribution in [3.8, 4) is 0 Å². The van der Waals surface area contributed by atoms with Crippen LogP contribution >= 0.6 is 35.3 Å². The number of nitrogens with two attached hydrogens (primary N) is 3. The molecule has 1 atom stereocenters. The van der Waals surface area contributed by atoms with E-state index in [1.807, 2.05) is 35.7 Å². The Bertz CT molecular complexity index is 695. The number of hydrogen-bond donors (Lipinski definition) is 5. The minimum absolute atomic E-state index is 0.110. The Morgan fingerprint density at radius 1 is 0.758 bits per heavy atom. The Morgan fingerprint density at radius 3 is 1.52 bits per heavy atom. The second-order valence-electron chi connectivity index (χ2n) is 6.51. The molecule has 8 N–H and O–H groups in total. The van der Waals surface area contributed by atoms with Crippen molar-refractivity contribution in [2.45, 2.75) is 17.5 Å². The average molecular weight is 514 g/mol. The van der Waals surface area contributed by atoms with Crippen LogP contribution in [0.1, 0.15) is 11.1 Å². The fourth-order valence-electron chi connectivity index (χ4n) is 2.04. The number of carbonyl (C=O) groups is 2. The second kappa shape index (κ2) is 22.1. The van der Waals surface area contributed by atoms with Crippen LogP contribution in [0.2, 0.25) is 0 Å². The Balaban J connectivity index is 0.000000465. The highest BCUT2D eigenvalue weighted by atomic mass is 32.2. The van der Waals surface area contributed by atoms with Crippen molar-refractivity contribution in [1.82, 2.24) is 0 Å². The Labute approximate surface area is 209 Å². The fourth-order valence-corrected chi connectivity index (χ4v) is 4.21. The Morgan fingerprint density at radius 2 is 1.18 bits per heavy atom. The van der Waals surface area contributed by atoms with Gasteiger partial charge in [-0.15, -0.1) is 11.8 Å². The molecule has 7 nitrogen and oxygen atoms in total. The number of carboxylic acid groups (broad SMARTS) is 2. The zero-order chi connectivity index (χ0) is 24.7. The molecule has 10 heteroatoms. The van der Waals surface area contributed by atoms with Crippen LogP contribution in [-0.2, 0) is 21.1 Å². The van der Waals surface area contributed by atoms with Crippen LogP contribution in [-0.4, -0.2) is 64.3 Å². The molecule has 0 fully saturated rings. The molecule has 184 valence electrons. The van der Waals surface area contributed by atoms with Crippen molar-refractivity contribution < 1.29 is 19.8 Å². The summed E-state index contributed by atoms with van der Waals surface area (Å²) in [6.07, 6.45) is 0. The monoisotopic (exact) mass is 513 g/mol. The molecule has 0 heterocycles. The van der Waals surface area contributed by atoms with E-state index >= 15 is 0 Å². The van der Waals surface area contributed by atoms with Crippen LogP contribution < -0.4 is 17.2 Å². The van der Waals surface area contributed by atoms with Gasteiger partial charge in [-0.25, -0.2) is 0 Å². The van der Waals surface area contributed by atoms with Crippen molar-refractivity contribution in [3.63, 3.8) is 0 Å². The molecule has 0 bridgehead atoms. The van der Waals surface area contributed by atoms with Gasteiger partial charge in [0.25, 0.3) is 0 Å². The van der Waals surface area contributed by atoms with Gasteiger partial charge in [0.1, 0.15) is 6.04 Å². The van der Waals surface area contributed by atoms with Gasteiger partial charge in [0.2, 0.25) is 0 Å². The largest absolute Gasteiger partial charge is 0.481 e. The van der Waals surface area contributed by atoms with E-state index < -0.39 is 18.0 Å². The maximum Gasteiger partial charge on any atom is 0.321 e. The number of hydrogen-bond acceptors (Lipinski definition) is 8. The van der Waals surface area contributed by atoms with Crippen LogP contribution in [0.4, 0.5) is 0 Å². The van der Waals surface area contributed by atoms with E-state index in [0.717, 1.165) is 47.9 Å². The van der Waals surface area contributed by atoms with E-state index in [-0.39, 0.29) is 11.5 Å². The topological polar surface area (TPSA) is 153 Å². The third-order valence-electron chi connectivity index (χ3n) is 3.59. The van der Waals surface area contributed by atoms with E-state index in [0.29, 0.717) is 0 Å². The van der Waals surface area contributed by atoms with Crippen molar-refractivity contribution in [2.24, 2.45) is 17.2 Å². The van der Waals surface area contributed by atoms with E-state index in [1.54, 1.807) is 0 Å². The van der Waals surface area contributed by atoms with Crippen molar-refractivity contribution in [1.29, 1.82) is 0 Å². The summed E-state index contributed by atoms with van der Waals surface area (Å²) in [6.45, 7) is 1.55. The molecule has 0 aliphatic carbocycles. The third-order valence-corrected chi connectivity index (χ3v) is 6.76. The number of carboxylic acids is 2. The van der Waals surface area contributed by atoms with Crippen LogP contribution in [0.5, 0.6) is 0 Å². The molecule has 1 unspecified atom stereocenters. The molecule has 0 radical (unpaired) electrons. The van der Waals surface area contributed by atoms with E-state index in [1.165, 1.54) is 11.1 Å². The van der Waals surface area contributed by atoms with Gasteiger partial charge in [0.05, 0.1) is 5.75 Å². The fraction of sp³-hybridized carbons (Fsp3) is 0.391. The zero-order valence-electron chi connectivity index (χ0n) is 18.7. The standard InChI is InChI=1S/2C9H13NS.C5H9NO4S/c2*10-6-7-11-8-9-4-2-1-3-5-9;6-3(5(9)10)1-11-2-4(7)8/h2*1-5H,6-8,10H2;3H,1-2,6H2,(H,7,8)(H,9,10). The molecule has 2 aromatic carbocycles. The maximum atomic E-state index is 10.1. The van der Waals surface area contributed by atoms with Crippen molar-refractivity contribution in [3.05, 3.63) is 71.8 Å². The highest BCUT2D eigenvalue weighted by Crippen LogP contribution is 2.10. The van der Waals surface area contributed by atoms with Gasteiger partial charge in [-0.3, -0.25) is 9.59 Å². The lowest BCUT2D eigenvalue weighted by Crippen LogP contribution is -2.32. The highest BCUT2D eigenvalue weighted by molar-refractivity contribution is 8.00. The quantitative estimate of drug-likeness (QED) is 0.253. The Kier molecular flexibility index (Phi) is 21.0. The van der Waals surface area contributed by atoms with E-state index in [4.69, 9.17) is 27.4 Å². The molecular weight excluding hydrogens is 478 g/mol. The molecule has 0 amide bonds. The maximum absolute atomic E-state index is 10.1. The lowest BCUT2D eigenvalue weighted by Gasteiger charge is -2.02. The van der Waals surface area contributed by atoms with Crippen LogP contribution in [0.3, 0.4) is 0 Å². The molecule has 0 saturated heterocycles. The summed E-state index contributed by atoms with van der Waals surface area (Å²) in [5.74, 6) is 2.21. The smallest absolute Gasteiger partial charge is 0.321 e. The van der Waals surface area contributed by atoms with Gasteiger partial charge in [-0.1, -0.05) is 60.7 Å². The van der Waals surface area contributed by atoms with E-state index in [2.05, 4.69) is 48.5 Å². The van der Waals surface area contributed by atoms with Gasteiger partial charge >= 0.3 is 11.9 Å². The minimum atomic E-state index is -1.11. The zero-order valence-corrected chi connectivity index (χ0v) is 21.1. The first-order valence-corrected chi connectivity index (χ1v) is 13.8. The first-order valence-electron chi connectivity index (χ1n) is 10.3. The number of aliphatic carboxylic acids is 2. The van der Waals surface area contributed by atoms with Gasteiger partial charge in [0, 0.05) is 41.9 Å². The number of thioether (sulfide) groups is 3. The molecule has 0 aromatic heterocycles. The third kappa shape index (κ3) is 20.6. The van der Waals surface area contributed by atoms with Gasteiger partial charge in [-0.05, 0) is 11.1 Å². The summed E-state index contributed by atoms with van der Waals surface area (Å²) in [4.78, 5) is 20.0. The Hall–Kier alpha value is -1.69. The second-order valence-corrected chi connectivity index (χ2v) is 9.75. The molecule has 2 rings (SSSR count). The van der Waals surface area contributed by atoms with Crippen LogP contribution in [0.15, 0.2) is 60.7 Å². The first-order chi connectivity index (χ1) is 15.9. The molecule has 0 spiro atoms. The molecule has 0 aliphatic rings. The summed E-state index contributed by atoms with van der Waals surface area (Å²) < 4.78 is 0. The predicted octanol–water partition coefficient (Wildman–Crippen LogP) is 2.97. The predicted molar refractivity (Wildman–Crippen MR) is 144 cm³/mol. The lowest BCUT2D eigenvalue weighted by molar-refractivity contribution is -0.138. The summed E-state index contributed by atoms with van der Waals surface area (Å²) in [5.41, 5.74) is 18.6. The molecule has 33 heavy (non-hydrogen) atoms. The van der Waals surface area contributed by atoms with E-state index in [9.17, 15) is 9.59 Å². The van der Waals surface area contributed by atoms with Gasteiger partial charge in [0.15, 0.2) is 0 Å². The van der Waals surface area contributed by atoms with Crippen molar-refractivity contribution in [2.75, 3.05) is 36.1 Å². The summed E-state index contributed by atoms with van der Waals surface area (Å²) >= 11 is 4.76. The van der Waals surface area contributed by atoms with Gasteiger partial charge < -0.3 is 27.4 Å². The normalized spacial score (nSPS) is 10.8. The summed E-state index contributed by atoms with van der Waals surface area (Å²) in [6, 6.07) is 19.9. The lowest BCUT2D eigenvalue weighted by atomic mass is 10.2. The summed E-state index contributed by atoms with van der Waals surface area (Å²) in [7, 11) is 0. The molecule has 0 aliphatic heterocycles. The molecular formula is C23H35N3O4S3. The minimum Gasteiger partial charge on any atom is -0.481 e. The number of rotatable bonds is 13. The first kappa shape index (κ1) is 31.3. The average Bonchev–Trinajstić information content (AvgIpc) is 2.81. The molecule has 2 aromatic rings. The van der Waals surface area contributed by atoms with Crippen LogP contribution in [0.25, 0.3) is 0 Å². The number of benzene rings is 2. The van der Waals surface area contributed by atoms with Crippen molar-refractivity contribution >= 4 is 47.2 Å². The van der Waals surface area contributed by atoms with Crippen LogP contribution in [0, 0.1) is 0 Å². The SMILES string of the molecule is NC(CSCC(=O)O)C(=O)O.NCCSCc1ccccc1.NCCSCc1ccccc1. The van der Waals surface area contributed by atoms with Gasteiger partial charge in [-0.2, -0.15) is 23.5 Å². The molecule has 0 saturated carbocycles. The summed E-state index contributed by atoms with van der Waals surface area (Å²) in [5, 5.41) is 16.4. The highest BCUT2D eigenvalue weighted by Gasteiger charge is 2.11.